The number of nitrogens with one attached hydrogen (secondary N) is 1. The van der Waals surface area contributed by atoms with Crippen molar-refractivity contribution in [3.63, 3.8) is 0 Å². The molecule has 0 saturated carbocycles. The number of H-pyrrole nitrogens is 1. The number of hydrogen-bond donors (Lipinski definition) is 1. The molecule has 1 aromatic heterocycles. The monoisotopic (exact) mass is 521 g/mol. The van der Waals surface area contributed by atoms with Gasteiger partial charge in [-0.2, -0.15) is 9.57 Å². The van der Waals surface area contributed by atoms with Crippen LogP contribution in [0.3, 0.4) is 0 Å². The minimum atomic E-state index is -3.94. The van der Waals surface area contributed by atoms with Crippen LogP contribution in [0.4, 0.5) is 5.69 Å². The Hall–Kier alpha value is -3.39. The Kier molecular flexibility index (Phi) is 6.94. The molecule has 3 heterocycles. The van der Waals surface area contributed by atoms with Crippen molar-refractivity contribution >= 4 is 32.5 Å². The van der Waals surface area contributed by atoms with Gasteiger partial charge in [0.15, 0.2) is 6.10 Å². The molecule has 10 heteroatoms. The van der Waals surface area contributed by atoms with Gasteiger partial charge in [-0.3, -0.25) is 4.79 Å². The van der Waals surface area contributed by atoms with Crippen LogP contribution in [0.1, 0.15) is 18.4 Å². The lowest BCUT2D eigenvalue weighted by Gasteiger charge is -2.31. The molecule has 0 spiro atoms. The van der Waals surface area contributed by atoms with Gasteiger partial charge >= 0.3 is 0 Å². The summed E-state index contributed by atoms with van der Waals surface area (Å²) in [5.41, 5.74) is 4.81. The van der Waals surface area contributed by atoms with E-state index in [1.165, 1.54) is 11.9 Å². The third-order valence-electron chi connectivity index (χ3n) is 7.11. The molecule has 2 aliphatic heterocycles. The number of hydrogen-bond acceptors (Lipinski definition) is 6. The minimum absolute atomic E-state index is 0.132. The summed E-state index contributed by atoms with van der Waals surface area (Å²) in [4.78, 5) is 20.2. The first-order chi connectivity index (χ1) is 17.8. The predicted octanol–water partition coefficient (Wildman–Crippen LogP) is 3.12. The predicted molar refractivity (Wildman–Crippen MR) is 142 cm³/mol. The highest BCUT2D eigenvalue weighted by Gasteiger charge is 2.30. The van der Waals surface area contributed by atoms with E-state index in [9.17, 15) is 13.2 Å². The number of carbonyl (C=O) groups is 1. The Morgan fingerprint density at radius 2 is 1.95 bits per heavy atom. The standard InChI is InChI=1S/C27H31N5O4S/c1-19-5-6-20-14-25(29-24(20)13-19)23-15-22(7-8-26(23)31-9-3-4-10-31)37(34,35)30(2)18-27(33)32-11-12-36-21(16-28)17-32/h5-8,13-15,21,29H,3-4,9-12,17-18H2,1-2H3. The van der Waals surface area contributed by atoms with Crippen LogP contribution in [-0.2, 0) is 19.6 Å². The number of nitriles is 1. The van der Waals surface area contributed by atoms with Crippen molar-refractivity contribution in [3.8, 4) is 17.3 Å². The van der Waals surface area contributed by atoms with Crippen LogP contribution in [-0.4, -0.2) is 81.0 Å². The SMILES string of the molecule is Cc1ccc2cc(-c3cc(S(=O)(=O)N(C)CC(=O)N4CCOC(C#N)C4)ccc3N3CCCC3)[nH]c2c1. The maximum absolute atomic E-state index is 13.6. The van der Waals surface area contributed by atoms with Crippen molar-refractivity contribution in [2.75, 3.05) is 51.3 Å². The smallest absolute Gasteiger partial charge is 0.243 e. The molecule has 1 unspecified atom stereocenters. The number of anilines is 1. The molecule has 0 aliphatic carbocycles. The van der Waals surface area contributed by atoms with Gasteiger partial charge in [-0.15, -0.1) is 0 Å². The van der Waals surface area contributed by atoms with Crippen LogP contribution >= 0.6 is 0 Å². The molecule has 9 nitrogen and oxygen atoms in total. The molecule has 5 rings (SSSR count). The molecule has 1 atom stereocenters. The van der Waals surface area contributed by atoms with Crippen molar-refractivity contribution in [2.45, 2.75) is 30.8 Å². The number of fused-ring (bicyclic) bond motifs is 1. The molecule has 194 valence electrons. The molecule has 2 saturated heterocycles. The fourth-order valence-electron chi connectivity index (χ4n) is 5.02. The van der Waals surface area contributed by atoms with Crippen LogP contribution in [0.5, 0.6) is 0 Å². The zero-order chi connectivity index (χ0) is 26.2. The highest BCUT2D eigenvalue weighted by molar-refractivity contribution is 7.89. The fourth-order valence-corrected chi connectivity index (χ4v) is 6.17. The van der Waals surface area contributed by atoms with Gasteiger partial charge in [0.1, 0.15) is 0 Å². The van der Waals surface area contributed by atoms with E-state index >= 15 is 0 Å². The molecule has 1 N–H and O–H groups in total. The number of likely N-dealkylation sites (N-methyl/N-ethyl adjacent to an activating group) is 1. The maximum atomic E-state index is 13.6. The Bertz CT molecular complexity index is 1470. The molecule has 2 aromatic carbocycles. The third kappa shape index (κ3) is 5.07. The molecule has 37 heavy (non-hydrogen) atoms. The van der Waals surface area contributed by atoms with Gasteiger partial charge < -0.3 is 19.5 Å². The number of aromatic nitrogens is 1. The van der Waals surface area contributed by atoms with Crippen LogP contribution in [0.25, 0.3) is 22.2 Å². The van der Waals surface area contributed by atoms with Crippen LogP contribution in [0.15, 0.2) is 47.4 Å². The van der Waals surface area contributed by atoms with Gasteiger partial charge in [0.2, 0.25) is 15.9 Å². The number of carbonyl (C=O) groups excluding carboxylic acids is 1. The quantitative estimate of drug-likeness (QED) is 0.534. The Morgan fingerprint density at radius 3 is 2.70 bits per heavy atom. The number of nitrogens with zero attached hydrogens (tertiary/aromatic N) is 4. The zero-order valence-electron chi connectivity index (χ0n) is 21.1. The number of sulfonamides is 1. The summed E-state index contributed by atoms with van der Waals surface area (Å²) in [6.45, 7) is 4.31. The molecule has 0 bridgehead atoms. The molecule has 2 aliphatic rings. The number of rotatable bonds is 6. The molecule has 1 amide bonds. The third-order valence-corrected chi connectivity index (χ3v) is 8.91. The van der Waals surface area contributed by atoms with E-state index in [0.29, 0.717) is 6.54 Å². The van der Waals surface area contributed by atoms with Crippen LogP contribution in [0, 0.1) is 18.3 Å². The molecular formula is C27H31N5O4S. The van der Waals surface area contributed by atoms with E-state index in [0.717, 1.165) is 63.6 Å². The van der Waals surface area contributed by atoms with Gasteiger partial charge in [0.05, 0.1) is 30.7 Å². The number of aryl methyl sites for hydroxylation is 1. The fraction of sp³-hybridized carbons (Fsp3) is 0.407. The summed E-state index contributed by atoms with van der Waals surface area (Å²) in [5, 5.41) is 10.2. The first-order valence-electron chi connectivity index (χ1n) is 12.5. The summed E-state index contributed by atoms with van der Waals surface area (Å²) in [6.07, 6.45) is 1.51. The summed E-state index contributed by atoms with van der Waals surface area (Å²) in [6, 6.07) is 15.5. The van der Waals surface area contributed by atoms with Crippen LogP contribution in [0.2, 0.25) is 0 Å². The van der Waals surface area contributed by atoms with Crippen molar-refractivity contribution < 1.29 is 17.9 Å². The molecule has 0 radical (unpaired) electrons. The van der Waals surface area contributed by atoms with E-state index in [1.807, 2.05) is 19.1 Å². The van der Waals surface area contributed by atoms with E-state index < -0.39 is 16.1 Å². The van der Waals surface area contributed by atoms with Gasteiger partial charge in [0, 0.05) is 54.5 Å². The zero-order valence-corrected chi connectivity index (χ0v) is 21.9. The first kappa shape index (κ1) is 25.3. The average molecular weight is 522 g/mol. The molecule has 3 aromatic rings. The minimum Gasteiger partial charge on any atom is -0.371 e. The normalized spacial score (nSPS) is 18.5. The van der Waals surface area contributed by atoms with Crippen molar-refractivity contribution in [1.82, 2.24) is 14.2 Å². The number of aromatic amines is 1. The van der Waals surface area contributed by atoms with E-state index in [1.54, 1.807) is 12.1 Å². The lowest BCUT2D eigenvalue weighted by atomic mass is 10.1. The van der Waals surface area contributed by atoms with Crippen molar-refractivity contribution in [2.24, 2.45) is 0 Å². The number of benzene rings is 2. The molecule has 2 fully saturated rings. The van der Waals surface area contributed by atoms with Crippen molar-refractivity contribution in [1.29, 1.82) is 5.26 Å². The Morgan fingerprint density at radius 1 is 1.16 bits per heavy atom. The summed E-state index contributed by atoms with van der Waals surface area (Å²) < 4.78 is 33.5. The number of ether oxygens (including phenoxy) is 1. The Balaban J connectivity index is 1.46. The number of amides is 1. The number of morpholine rings is 1. The highest BCUT2D eigenvalue weighted by atomic mass is 32.2. The van der Waals surface area contributed by atoms with E-state index in [-0.39, 0.29) is 30.5 Å². The average Bonchev–Trinajstić information content (AvgIpc) is 3.58. The summed E-state index contributed by atoms with van der Waals surface area (Å²) >= 11 is 0. The second-order valence-corrected chi connectivity index (χ2v) is 11.8. The highest BCUT2D eigenvalue weighted by Crippen LogP contribution is 2.36. The lowest BCUT2D eigenvalue weighted by Crippen LogP contribution is -2.48. The second kappa shape index (κ2) is 10.2. The summed E-state index contributed by atoms with van der Waals surface area (Å²) in [5.74, 6) is -0.352. The lowest BCUT2D eigenvalue weighted by molar-refractivity contribution is -0.136. The largest absolute Gasteiger partial charge is 0.371 e. The second-order valence-electron chi connectivity index (χ2n) is 9.74. The van der Waals surface area contributed by atoms with Gasteiger partial charge in [-0.1, -0.05) is 12.1 Å². The van der Waals surface area contributed by atoms with Crippen LogP contribution < -0.4 is 4.90 Å². The maximum Gasteiger partial charge on any atom is 0.243 e. The topological polar surface area (TPSA) is 110 Å². The van der Waals surface area contributed by atoms with Gasteiger partial charge in [-0.05, 0) is 55.7 Å². The van der Waals surface area contributed by atoms with Gasteiger partial charge in [-0.25, -0.2) is 8.42 Å². The first-order valence-corrected chi connectivity index (χ1v) is 13.9. The van der Waals surface area contributed by atoms with E-state index in [2.05, 4.69) is 34.1 Å². The summed E-state index contributed by atoms with van der Waals surface area (Å²) in [7, 11) is -2.53. The molecular weight excluding hydrogens is 490 g/mol. The van der Waals surface area contributed by atoms with E-state index in [4.69, 9.17) is 10.00 Å². The van der Waals surface area contributed by atoms with Gasteiger partial charge in [0.25, 0.3) is 0 Å². The Labute approximate surface area is 217 Å². The van der Waals surface area contributed by atoms with Crippen molar-refractivity contribution in [3.05, 3.63) is 48.0 Å².